The van der Waals surface area contributed by atoms with Crippen LogP contribution >= 0.6 is 11.6 Å². The van der Waals surface area contributed by atoms with E-state index in [1.165, 1.54) is 6.42 Å². The molecule has 0 amide bonds. The lowest BCUT2D eigenvalue weighted by molar-refractivity contribution is 0.0332. The van der Waals surface area contributed by atoms with Crippen LogP contribution in [-0.4, -0.2) is 53.6 Å². The van der Waals surface area contributed by atoms with Crippen LogP contribution in [-0.2, 0) is 0 Å². The Kier molecular flexibility index (Phi) is 6.77. The van der Waals surface area contributed by atoms with Gasteiger partial charge in [0, 0.05) is 24.2 Å². The molecule has 1 aromatic carbocycles. The van der Waals surface area contributed by atoms with E-state index in [-0.39, 0.29) is 13.2 Å². The maximum absolute atomic E-state index is 10.1. The Morgan fingerprint density at radius 3 is 2.76 bits per heavy atom. The number of nitrogens with zero attached hydrogens (tertiary/aromatic N) is 1. The number of aliphatic hydroxyl groups excluding tert-OH is 2. The molecule has 0 bridgehead atoms. The van der Waals surface area contributed by atoms with Crippen molar-refractivity contribution in [2.45, 2.75) is 37.8 Å². The van der Waals surface area contributed by atoms with Crippen LogP contribution in [0.3, 0.4) is 0 Å². The highest BCUT2D eigenvalue weighted by Gasteiger charge is 2.23. The highest BCUT2D eigenvalue weighted by Crippen LogP contribution is 2.20. The molecule has 0 spiro atoms. The molecule has 1 heterocycles. The molecule has 0 aliphatic carbocycles. The zero-order valence-corrected chi connectivity index (χ0v) is 13.0. The fourth-order valence-electron chi connectivity index (χ4n) is 2.82. The highest BCUT2D eigenvalue weighted by atomic mass is 35.5. The SMILES string of the molecule is OCCC1CCCCN1CC(O)COc1ccc(Cl)cc1. The first-order valence-corrected chi connectivity index (χ1v) is 7.98. The second-order valence-electron chi connectivity index (χ2n) is 5.58. The van der Waals surface area contributed by atoms with Crippen LogP contribution in [0.15, 0.2) is 24.3 Å². The molecular weight excluding hydrogens is 290 g/mol. The molecule has 1 fully saturated rings. The van der Waals surface area contributed by atoms with Crippen LogP contribution < -0.4 is 4.74 Å². The van der Waals surface area contributed by atoms with E-state index in [2.05, 4.69) is 4.90 Å². The van der Waals surface area contributed by atoms with Gasteiger partial charge in [-0.1, -0.05) is 18.0 Å². The van der Waals surface area contributed by atoms with Gasteiger partial charge in [-0.3, -0.25) is 4.90 Å². The van der Waals surface area contributed by atoms with Crippen LogP contribution in [0.2, 0.25) is 5.02 Å². The lowest BCUT2D eigenvalue weighted by atomic mass is 9.99. The maximum Gasteiger partial charge on any atom is 0.119 e. The average molecular weight is 314 g/mol. The first-order valence-electron chi connectivity index (χ1n) is 7.60. The summed E-state index contributed by atoms with van der Waals surface area (Å²) in [6.45, 7) is 2.06. The fraction of sp³-hybridized carbons (Fsp3) is 0.625. The van der Waals surface area contributed by atoms with E-state index < -0.39 is 6.10 Å². The summed E-state index contributed by atoms with van der Waals surface area (Å²) in [7, 11) is 0. The van der Waals surface area contributed by atoms with E-state index in [0.29, 0.717) is 23.4 Å². The number of piperidine rings is 1. The van der Waals surface area contributed by atoms with E-state index in [0.717, 1.165) is 25.8 Å². The van der Waals surface area contributed by atoms with E-state index in [4.69, 9.17) is 21.4 Å². The van der Waals surface area contributed by atoms with Gasteiger partial charge in [-0.05, 0) is 50.1 Å². The van der Waals surface area contributed by atoms with Crippen LogP contribution in [0.1, 0.15) is 25.7 Å². The molecule has 118 valence electrons. The van der Waals surface area contributed by atoms with Crippen molar-refractivity contribution < 1.29 is 14.9 Å². The molecule has 0 aromatic heterocycles. The largest absolute Gasteiger partial charge is 0.491 e. The quantitative estimate of drug-likeness (QED) is 0.811. The van der Waals surface area contributed by atoms with Crippen LogP contribution in [0, 0.1) is 0 Å². The van der Waals surface area contributed by atoms with Gasteiger partial charge >= 0.3 is 0 Å². The Hall–Kier alpha value is -0.810. The lowest BCUT2D eigenvalue weighted by Gasteiger charge is -2.36. The molecule has 2 rings (SSSR count). The van der Waals surface area contributed by atoms with Gasteiger partial charge in [0.05, 0.1) is 0 Å². The molecule has 0 saturated carbocycles. The molecule has 1 aromatic rings. The van der Waals surface area contributed by atoms with Gasteiger partial charge < -0.3 is 14.9 Å². The molecule has 21 heavy (non-hydrogen) atoms. The minimum atomic E-state index is -0.528. The number of aliphatic hydroxyl groups is 2. The second kappa shape index (κ2) is 8.59. The van der Waals surface area contributed by atoms with Gasteiger partial charge in [0.25, 0.3) is 0 Å². The summed E-state index contributed by atoms with van der Waals surface area (Å²) in [6, 6.07) is 7.51. The van der Waals surface area contributed by atoms with Crippen molar-refractivity contribution in [2.24, 2.45) is 0 Å². The Morgan fingerprint density at radius 2 is 2.05 bits per heavy atom. The number of ether oxygens (including phenoxy) is 1. The maximum atomic E-state index is 10.1. The van der Waals surface area contributed by atoms with E-state index in [1.807, 2.05) is 0 Å². The van der Waals surface area contributed by atoms with E-state index in [9.17, 15) is 5.11 Å². The van der Waals surface area contributed by atoms with Gasteiger partial charge in [0.15, 0.2) is 0 Å². The molecule has 2 unspecified atom stereocenters. The summed E-state index contributed by atoms with van der Waals surface area (Å²) >= 11 is 5.82. The summed E-state index contributed by atoms with van der Waals surface area (Å²) < 4.78 is 5.57. The third-order valence-electron chi connectivity index (χ3n) is 3.91. The third kappa shape index (κ3) is 5.47. The molecule has 4 nitrogen and oxygen atoms in total. The standard InChI is InChI=1S/C16H24ClNO3/c17-13-4-6-16(7-5-13)21-12-15(20)11-18-9-2-1-3-14(18)8-10-19/h4-7,14-15,19-20H,1-3,8-12H2. The van der Waals surface area contributed by atoms with Crippen molar-refractivity contribution in [2.75, 3.05) is 26.3 Å². The zero-order chi connectivity index (χ0) is 15.1. The summed E-state index contributed by atoms with van der Waals surface area (Å²) in [5.74, 6) is 0.712. The van der Waals surface area contributed by atoms with Crippen LogP contribution in [0.25, 0.3) is 0 Å². The van der Waals surface area contributed by atoms with Gasteiger partial charge in [0.1, 0.15) is 18.5 Å². The molecule has 1 saturated heterocycles. The predicted octanol–water partition coefficient (Wildman–Crippen LogP) is 2.32. The summed E-state index contributed by atoms with van der Waals surface area (Å²) in [5.41, 5.74) is 0. The van der Waals surface area contributed by atoms with E-state index >= 15 is 0 Å². The average Bonchev–Trinajstić information content (AvgIpc) is 2.49. The molecule has 5 heteroatoms. The Bertz CT molecular complexity index is 410. The summed E-state index contributed by atoms with van der Waals surface area (Å²) in [4.78, 5) is 2.27. The molecular formula is C16H24ClNO3. The lowest BCUT2D eigenvalue weighted by Crippen LogP contribution is -2.45. The van der Waals surface area contributed by atoms with Gasteiger partial charge in [-0.25, -0.2) is 0 Å². The van der Waals surface area contributed by atoms with Gasteiger partial charge in [-0.2, -0.15) is 0 Å². The van der Waals surface area contributed by atoms with E-state index in [1.54, 1.807) is 24.3 Å². The first kappa shape index (κ1) is 16.6. The highest BCUT2D eigenvalue weighted by molar-refractivity contribution is 6.30. The number of hydrogen-bond acceptors (Lipinski definition) is 4. The van der Waals surface area contributed by atoms with Crippen molar-refractivity contribution in [1.29, 1.82) is 0 Å². The van der Waals surface area contributed by atoms with Crippen molar-refractivity contribution in [3.8, 4) is 5.75 Å². The van der Waals surface area contributed by atoms with Crippen molar-refractivity contribution in [3.63, 3.8) is 0 Å². The smallest absolute Gasteiger partial charge is 0.119 e. The first-order chi connectivity index (χ1) is 10.2. The monoisotopic (exact) mass is 313 g/mol. The number of halogens is 1. The second-order valence-corrected chi connectivity index (χ2v) is 6.01. The summed E-state index contributed by atoms with van der Waals surface area (Å²) in [5, 5.41) is 19.9. The molecule has 2 N–H and O–H groups in total. The Labute approximate surface area is 131 Å². The normalized spacial score (nSPS) is 21.2. The van der Waals surface area contributed by atoms with Crippen LogP contribution in [0.5, 0.6) is 5.75 Å². The fourth-order valence-corrected chi connectivity index (χ4v) is 2.95. The number of likely N-dealkylation sites (tertiary alicyclic amines) is 1. The van der Waals surface area contributed by atoms with Gasteiger partial charge in [-0.15, -0.1) is 0 Å². The minimum Gasteiger partial charge on any atom is -0.491 e. The molecule has 1 aliphatic rings. The Balaban J connectivity index is 1.77. The number of rotatable bonds is 7. The third-order valence-corrected chi connectivity index (χ3v) is 4.16. The summed E-state index contributed by atoms with van der Waals surface area (Å²) in [6.07, 6.45) is 3.72. The zero-order valence-electron chi connectivity index (χ0n) is 12.2. The molecule has 2 atom stereocenters. The number of hydrogen-bond donors (Lipinski definition) is 2. The number of benzene rings is 1. The van der Waals surface area contributed by atoms with Crippen LogP contribution in [0.4, 0.5) is 0 Å². The van der Waals surface area contributed by atoms with Crippen molar-refractivity contribution in [3.05, 3.63) is 29.3 Å². The van der Waals surface area contributed by atoms with Crippen molar-refractivity contribution in [1.82, 2.24) is 4.90 Å². The number of β-amino-alcohol motifs (C(OH)–C–C–N with tert-alkyl or cyclic N) is 1. The molecule has 0 radical (unpaired) electrons. The van der Waals surface area contributed by atoms with Crippen molar-refractivity contribution >= 4 is 11.6 Å². The topological polar surface area (TPSA) is 52.9 Å². The predicted molar refractivity (Wildman–Crippen MR) is 83.9 cm³/mol. The van der Waals surface area contributed by atoms with Gasteiger partial charge in [0.2, 0.25) is 0 Å². The molecule has 1 aliphatic heterocycles. The minimum absolute atomic E-state index is 0.207. The Morgan fingerprint density at radius 1 is 1.29 bits per heavy atom.